The van der Waals surface area contributed by atoms with Crippen LogP contribution in [0.2, 0.25) is 0 Å². The minimum Gasteiger partial charge on any atom is -0.504 e. The number of ether oxygens (including phenoxy) is 1. The number of hydrogen-bond donors (Lipinski definition) is 2. The number of nitrogens with one attached hydrogen (secondary N) is 1. The van der Waals surface area contributed by atoms with Gasteiger partial charge >= 0.3 is 0 Å². The molecule has 172 valence electrons. The number of carbonyl (C=O) groups excluding carboxylic acids is 1. The number of rotatable bonds is 5. The largest absolute Gasteiger partial charge is 0.504 e. The van der Waals surface area contributed by atoms with Crippen LogP contribution < -0.4 is 14.5 Å². The molecule has 1 atom stereocenters. The summed E-state index contributed by atoms with van der Waals surface area (Å²) in [5.41, 5.74) is 4.75. The predicted molar refractivity (Wildman–Crippen MR) is 128 cm³/mol. The molecule has 2 heterocycles. The number of halogens is 1. The predicted octanol–water partition coefficient (Wildman–Crippen LogP) is 4.75. The molecule has 0 fully saturated rings. The Bertz CT molecular complexity index is 1360. The van der Waals surface area contributed by atoms with E-state index < -0.39 is 6.04 Å². The zero-order valence-electron chi connectivity index (χ0n) is 18.9. The first kappa shape index (κ1) is 21.5. The summed E-state index contributed by atoms with van der Waals surface area (Å²) in [5, 5.41) is 17.4. The van der Waals surface area contributed by atoms with Crippen molar-refractivity contribution in [2.45, 2.75) is 6.04 Å². The highest BCUT2D eigenvalue weighted by Gasteiger charge is 2.43. The Morgan fingerprint density at radius 1 is 1.06 bits per heavy atom. The van der Waals surface area contributed by atoms with Crippen LogP contribution in [0.25, 0.3) is 11.3 Å². The molecule has 5 rings (SSSR count). The molecule has 0 bridgehead atoms. The van der Waals surface area contributed by atoms with Crippen LogP contribution in [0, 0.1) is 5.82 Å². The topological polar surface area (TPSA) is 81.7 Å². The van der Waals surface area contributed by atoms with E-state index in [-0.39, 0.29) is 17.5 Å². The number of amides is 1. The van der Waals surface area contributed by atoms with Gasteiger partial charge in [-0.15, -0.1) is 0 Å². The molecule has 3 aromatic carbocycles. The number of anilines is 2. The number of aromatic hydroxyl groups is 1. The average molecular weight is 458 g/mol. The average Bonchev–Trinajstić information content (AvgIpc) is 3.39. The Hall–Kier alpha value is -4.33. The first-order chi connectivity index (χ1) is 16.4. The number of nitrogens with zero attached hydrogens (tertiary/aromatic N) is 3. The number of carbonyl (C=O) groups is 1. The van der Waals surface area contributed by atoms with E-state index in [0.717, 1.165) is 11.3 Å². The van der Waals surface area contributed by atoms with Crippen LogP contribution in [-0.4, -0.2) is 42.4 Å². The minimum absolute atomic E-state index is 0.00337. The Labute approximate surface area is 196 Å². The molecule has 8 heteroatoms. The van der Waals surface area contributed by atoms with Gasteiger partial charge in [0, 0.05) is 36.6 Å². The maximum Gasteiger partial charge on any atom is 0.277 e. The zero-order chi connectivity index (χ0) is 24.0. The molecular formula is C26H23FN4O3. The summed E-state index contributed by atoms with van der Waals surface area (Å²) >= 11 is 0. The molecule has 0 saturated carbocycles. The van der Waals surface area contributed by atoms with E-state index >= 15 is 0 Å². The molecule has 0 radical (unpaired) electrons. The van der Waals surface area contributed by atoms with Gasteiger partial charge in [-0.2, -0.15) is 5.10 Å². The molecule has 1 aliphatic heterocycles. The van der Waals surface area contributed by atoms with E-state index in [9.17, 15) is 14.3 Å². The SMILES string of the molecule is COc1cc(C2c3c(-c4ccc(F)cc4)n[nH]c3C(=O)N2c2ccc(N(C)C)cc2)ccc1O. The van der Waals surface area contributed by atoms with Gasteiger partial charge in [0.25, 0.3) is 5.91 Å². The lowest BCUT2D eigenvalue weighted by Gasteiger charge is -2.27. The van der Waals surface area contributed by atoms with E-state index in [4.69, 9.17) is 4.74 Å². The molecule has 2 N–H and O–H groups in total. The number of benzene rings is 3. The summed E-state index contributed by atoms with van der Waals surface area (Å²) in [6.45, 7) is 0. The number of phenolic OH excluding ortho intramolecular Hbond substituents is 1. The van der Waals surface area contributed by atoms with Crippen molar-refractivity contribution in [2.24, 2.45) is 0 Å². The van der Waals surface area contributed by atoms with Gasteiger partial charge in [0.1, 0.15) is 11.5 Å². The van der Waals surface area contributed by atoms with Gasteiger partial charge in [-0.1, -0.05) is 6.07 Å². The molecule has 4 aromatic rings. The molecule has 1 aromatic heterocycles. The third-order valence-electron chi connectivity index (χ3n) is 6.05. The Morgan fingerprint density at radius 2 is 1.76 bits per heavy atom. The summed E-state index contributed by atoms with van der Waals surface area (Å²) in [6.07, 6.45) is 0. The third kappa shape index (κ3) is 3.44. The van der Waals surface area contributed by atoms with E-state index in [1.54, 1.807) is 35.2 Å². The van der Waals surface area contributed by atoms with Gasteiger partial charge in [0.2, 0.25) is 0 Å². The van der Waals surface area contributed by atoms with Gasteiger partial charge in [-0.05, 0) is 66.2 Å². The normalized spacial score (nSPS) is 14.9. The molecule has 1 amide bonds. The Balaban J connectivity index is 1.70. The van der Waals surface area contributed by atoms with Gasteiger partial charge in [-0.3, -0.25) is 14.8 Å². The number of fused-ring (bicyclic) bond motifs is 1. The van der Waals surface area contributed by atoms with Crippen LogP contribution in [0.15, 0.2) is 66.7 Å². The molecule has 0 aliphatic carbocycles. The lowest BCUT2D eigenvalue weighted by molar-refractivity contribution is 0.0988. The van der Waals surface area contributed by atoms with Crippen molar-refractivity contribution < 1.29 is 19.0 Å². The maximum atomic E-state index is 13.6. The lowest BCUT2D eigenvalue weighted by Crippen LogP contribution is -2.29. The standard InChI is InChI=1S/C26H23FN4O3/c1-30(2)18-9-11-19(12-10-18)31-25(16-6-13-20(32)21(14-16)34-3)22-23(28-29-24(22)26(31)33)15-4-7-17(27)8-5-15/h4-14,25,32H,1-3H3,(H,28,29). The molecular weight excluding hydrogens is 435 g/mol. The summed E-state index contributed by atoms with van der Waals surface area (Å²) in [6, 6.07) is 18.2. The van der Waals surface area contributed by atoms with Crippen molar-refractivity contribution in [3.63, 3.8) is 0 Å². The van der Waals surface area contributed by atoms with Crippen molar-refractivity contribution in [2.75, 3.05) is 31.0 Å². The van der Waals surface area contributed by atoms with Crippen LogP contribution in [0.4, 0.5) is 15.8 Å². The van der Waals surface area contributed by atoms with Crippen molar-refractivity contribution >= 4 is 17.3 Å². The second kappa shape index (κ2) is 8.22. The van der Waals surface area contributed by atoms with Crippen molar-refractivity contribution in [3.8, 4) is 22.8 Å². The first-order valence-electron chi connectivity index (χ1n) is 10.7. The van der Waals surface area contributed by atoms with Gasteiger partial charge in [-0.25, -0.2) is 4.39 Å². The van der Waals surface area contributed by atoms with E-state index in [1.807, 2.05) is 43.3 Å². The monoisotopic (exact) mass is 458 g/mol. The molecule has 0 saturated heterocycles. The van der Waals surface area contributed by atoms with Crippen LogP contribution in [-0.2, 0) is 0 Å². The summed E-state index contributed by atoms with van der Waals surface area (Å²) in [7, 11) is 5.38. The maximum absolute atomic E-state index is 13.6. The molecule has 1 unspecified atom stereocenters. The second-order valence-electron chi connectivity index (χ2n) is 8.29. The third-order valence-corrected chi connectivity index (χ3v) is 6.05. The summed E-state index contributed by atoms with van der Waals surface area (Å²) < 4.78 is 18.9. The fourth-order valence-corrected chi connectivity index (χ4v) is 4.33. The highest BCUT2D eigenvalue weighted by molar-refractivity contribution is 6.11. The molecule has 7 nitrogen and oxygen atoms in total. The van der Waals surface area contributed by atoms with Gasteiger partial charge in [0.05, 0.1) is 18.8 Å². The van der Waals surface area contributed by atoms with E-state index in [1.165, 1.54) is 19.2 Å². The van der Waals surface area contributed by atoms with Crippen LogP contribution in [0.1, 0.15) is 27.7 Å². The van der Waals surface area contributed by atoms with Crippen molar-refractivity contribution in [1.82, 2.24) is 10.2 Å². The van der Waals surface area contributed by atoms with Crippen molar-refractivity contribution in [1.29, 1.82) is 0 Å². The zero-order valence-corrected chi connectivity index (χ0v) is 18.9. The second-order valence-corrected chi connectivity index (χ2v) is 8.29. The minimum atomic E-state index is -0.541. The van der Waals surface area contributed by atoms with Crippen molar-refractivity contribution in [3.05, 3.63) is 89.4 Å². The number of aromatic nitrogens is 2. The number of H-pyrrole nitrogens is 1. The van der Waals surface area contributed by atoms with Crippen LogP contribution in [0.5, 0.6) is 11.5 Å². The van der Waals surface area contributed by atoms with E-state index in [0.29, 0.717) is 34.0 Å². The van der Waals surface area contributed by atoms with E-state index in [2.05, 4.69) is 10.2 Å². The fraction of sp³-hybridized carbons (Fsp3) is 0.154. The number of methoxy groups -OCH3 is 1. The van der Waals surface area contributed by atoms with Gasteiger partial charge < -0.3 is 14.7 Å². The highest BCUT2D eigenvalue weighted by atomic mass is 19.1. The summed E-state index contributed by atoms with van der Waals surface area (Å²) in [5.74, 6) is -0.281. The van der Waals surface area contributed by atoms with Crippen LogP contribution >= 0.6 is 0 Å². The quantitative estimate of drug-likeness (QED) is 0.451. The van der Waals surface area contributed by atoms with Gasteiger partial charge in [0.15, 0.2) is 11.5 Å². The number of hydrogen-bond acceptors (Lipinski definition) is 5. The Morgan fingerprint density at radius 3 is 2.41 bits per heavy atom. The Kier molecular flexibility index (Phi) is 5.20. The number of aromatic amines is 1. The molecule has 34 heavy (non-hydrogen) atoms. The fourth-order valence-electron chi connectivity index (χ4n) is 4.33. The smallest absolute Gasteiger partial charge is 0.277 e. The number of phenols is 1. The first-order valence-corrected chi connectivity index (χ1v) is 10.7. The molecule has 1 aliphatic rings. The summed E-state index contributed by atoms with van der Waals surface area (Å²) in [4.78, 5) is 17.3. The lowest BCUT2D eigenvalue weighted by atomic mass is 9.95. The molecule has 0 spiro atoms. The highest BCUT2D eigenvalue weighted by Crippen LogP contribution is 2.46. The van der Waals surface area contributed by atoms with Crippen LogP contribution in [0.3, 0.4) is 0 Å².